The molecule has 0 unspecified atom stereocenters. The molecule has 1 aromatic carbocycles. The highest BCUT2D eigenvalue weighted by Gasteiger charge is 2.31. The van der Waals surface area contributed by atoms with Gasteiger partial charge in [-0.1, -0.05) is 31.5 Å². The van der Waals surface area contributed by atoms with Gasteiger partial charge >= 0.3 is 0 Å². The van der Waals surface area contributed by atoms with Crippen LogP contribution in [0.4, 0.5) is 0 Å². The van der Waals surface area contributed by atoms with Crippen LogP contribution in [0.5, 0.6) is 0 Å². The Kier molecular flexibility index (Phi) is 7.25. The van der Waals surface area contributed by atoms with Crippen LogP contribution in [0.2, 0.25) is 5.02 Å². The van der Waals surface area contributed by atoms with Crippen molar-refractivity contribution in [2.75, 3.05) is 39.3 Å². The molecule has 1 saturated heterocycles. The summed E-state index contributed by atoms with van der Waals surface area (Å²) in [7, 11) is -3.53. The Morgan fingerprint density at radius 1 is 1.32 bits per heavy atom. The van der Waals surface area contributed by atoms with E-state index in [1.807, 2.05) is 0 Å². The molecular formula is C17H27ClN3O3S+. The Morgan fingerprint density at radius 2 is 2.00 bits per heavy atom. The van der Waals surface area contributed by atoms with E-state index in [2.05, 4.69) is 19.2 Å². The Balaban J connectivity index is 1.84. The van der Waals surface area contributed by atoms with E-state index in [1.165, 1.54) is 10.4 Å². The molecule has 8 heteroatoms. The van der Waals surface area contributed by atoms with Crippen LogP contribution in [0, 0.1) is 5.92 Å². The Bertz CT molecular complexity index is 686. The molecule has 2 rings (SSSR count). The molecule has 1 heterocycles. The fraction of sp³-hybridized carbons (Fsp3) is 0.588. The van der Waals surface area contributed by atoms with Gasteiger partial charge in [0.2, 0.25) is 10.0 Å². The highest BCUT2D eigenvalue weighted by Crippen LogP contribution is 2.19. The molecule has 1 aromatic rings. The summed E-state index contributed by atoms with van der Waals surface area (Å²) in [4.78, 5) is 13.3. The third-order valence-corrected chi connectivity index (χ3v) is 6.45. The quantitative estimate of drug-likeness (QED) is 0.710. The first-order chi connectivity index (χ1) is 11.8. The van der Waals surface area contributed by atoms with Gasteiger partial charge in [0.05, 0.1) is 31.1 Å². The van der Waals surface area contributed by atoms with Crippen LogP contribution in [0.3, 0.4) is 0 Å². The Hall–Kier alpha value is -1.15. The third kappa shape index (κ3) is 5.95. The van der Waals surface area contributed by atoms with Crippen molar-refractivity contribution in [3.63, 3.8) is 0 Å². The molecule has 2 N–H and O–H groups in total. The Labute approximate surface area is 155 Å². The normalized spacial score (nSPS) is 17.0. The molecule has 0 radical (unpaired) electrons. The van der Waals surface area contributed by atoms with Crippen molar-refractivity contribution >= 4 is 27.5 Å². The number of carbonyl (C=O) groups excluding carboxylic acids is 1. The number of amides is 1. The zero-order valence-corrected chi connectivity index (χ0v) is 16.4. The number of nitrogens with one attached hydrogen (secondary N) is 2. The maximum atomic E-state index is 12.7. The molecule has 0 aliphatic carbocycles. The van der Waals surface area contributed by atoms with E-state index < -0.39 is 10.0 Å². The van der Waals surface area contributed by atoms with Gasteiger partial charge in [0.15, 0.2) is 6.54 Å². The molecule has 0 aromatic heterocycles. The lowest BCUT2D eigenvalue weighted by atomic mass is 10.1. The molecule has 0 spiro atoms. The average Bonchev–Trinajstić information content (AvgIpc) is 2.55. The van der Waals surface area contributed by atoms with Gasteiger partial charge in [-0.05, 0) is 30.5 Å². The van der Waals surface area contributed by atoms with Crippen LogP contribution in [-0.2, 0) is 14.8 Å². The molecule has 1 aliphatic heterocycles. The average molecular weight is 389 g/mol. The minimum absolute atomic E-state index is 0.0294. The lowest BCUT2D eigenvalue weighted by Crippen LogP contribution is -3.15. The van der Waals surface area contributed by atoms with Crippen LogP contribution >= 0.6 is 11.6 Å². The van der Waals surface area contributed by atoms with Crippen molar-refractivity contribution in [1.82, 2.24) is 9.62 Å². The minimum atomic E-state index is -3.53. The number of rotatable bonds is 7. The Morgan fingerprint density at radius 3 is 2.60 bits per heavy atom. The van der Waals surface area contributed by atoms with Crippen molar-refractivity contribution in [2.24, 2.45) is 5.92 Å². The number of halogens is 1. The second kappa shape index (κ2) is 8.98. The van der Waals surface area contributed by atoms with Gasteiger partial charge in [-0.2, -0.15) is 4.31 Å². The van der Waals surface area contributed by atoms with E-state index in [0.29, 0.717) is 50.2 Å². The summed E-state index contributed by atoms with van der Waals surface area (Å²) in [6.45, 7) is 7.39. The summed E-state index contributed by atoms with van der Waals surface area (Å²) < 4.78 is 26.8. The van der Waals surface area contributed by atoms with Gasteiger partial charge < -0.3 is 10.2 Å². The summed E-state index contributed by atoms with van der Waals surface area (Å²) >= 11 is 5.90. The molecular weight excluding hydrogens is 362 g/mol. The van der Waals surface area contributed by atoms with Gasteiger partial charge in [-0.15, -0.1) is 0 Å². The summed E-state index contributed by atoms with van der Waals surface area (Å²) in [6.07, 6.45) is 0.965. The zero-order valence-electron chi connectivity index (χ0n) is 14.8. The predicted molar refractivity (Wildman–Crippen MR) is 98.2 cm³/mol. The second-order valence-corrected chi connectivity index (χ2v) is 9.20. The number of hydrogen-bond acceptors (Lipinski definition) is 3. The van der Waals surface area contributed by atoms with Crippen LogP contribution in [-0.4, -0.2) is 57.9 Å². The van der Waals surface area contributed by atoms with E-state index in [4.69, 9.17) is 11.6 Å². The van der Waals surface area contributed by atoms with Crippen molar-refractivity contribution in [3.8, 4) is 0 Å². The second-order valence-electron chi connectivity index (χ2n) is 6.82. The monoisotopic (exact) mass is 388 g/mol. The van der Waals surface area contributed by atoms with Gasteiger partial charge in [0.25, 0.3) is 5.91 Å². The standard InChI is InChI=1S/C17H26ClN3O3S/c1-14(2)6-7-19-17(22)13-20-8-10-21(11-9-20)25(23,24)16-5-3-4-15(18)12-16/h3-5,12,14H,6-11,13H2,1-2H3,(H,19,22)/p+1. The van der Waals surface area contributed by atoms with E-state index in [-0.39, 0.29) is 10.8 Å². The number of carbonyl (C=O) groups is 1. The highest BCUT2D eigenvalue weighted by molar-refractivity contribution is 7.89. The van der Waals surface area contributed by atoms with Crippen LogP contribution in [0.1, 0.15) is 20.3 Å². The van der Waals surface area contributed by atoms with Crippen molar-refractivity contribution < 1.29 is 18.1 Å². The fourth-order valence-corrected chi connectivity index (χ4v) is 4.53. The van der Waals surface area contributed by atoms with Gasteiger partial charge in [-0.3, -0.25) is 4.79 Å². The van der Waals surface area contributed by atoms with E-state index in [9.17, 15) is 13.2 Å². The van der Waals surface area contributed by atoms with E-state index >= 15 is 0 Å². The lowest BCUT2D eigenvalue weighted by molar-refractivity contribution is -0.895. The minimum Gasteiger partial charge on any atom is -0.351 e. The number of benzene rings is 1. The third-order valence-electron chi connectivity index (χ3n) is 4.32. The first-order valence-corrected chi connectivity index (χ1v) is 10.5. The first kappa shape index (κ1) is 20.2. The first-order valence-electron chi connectivity index (χ1n) is 8.65. The number of hydrogen-bond donors (Lipinski definition) is 2. The number of sulfonamides is 1. The molecule has 1 aliphatic rings. The molecule has 0 atom stereocenters. The summed E-state index contributed by atoms with van der Waals surface area (Å²) in [5.74, 6) is 0.592. The maximum Gasteiger partial charge on any atom is 0.275 e. The number of quaternary nitrogens is 1. The molecule has 25 heavy (non-hydrogen) atoms. The fourth-order valence-electron chi connectivity index (χ4n) is 2.79. The smallest absolute Gasteiger partial charge is 0.275 e. The summed E-state index contributed by atoms with van der Waals surface area (Å²) in [5.41, 5.74) is 0. The molecule has 1 fully saturated rings. The summed E-state index contributed by atoms with van der Waals surface area (Å²) in [6, 6.07) is 6.32. The van der Waals surface area contributed by atoms with Crippen LogP contribution in [0.15, 0.2) is 29.2 Å². The molecule has 0 bridgehead atoms. The van der Waals surface area contributed by atoms with E-state index in [0.717, 1.165) is 11.3 Å². The van der Waals surface area contributed by atoms with Crippen molar-refractivity contribution in [1.29, 1.82) is 0 Å². The molecule has 0 saturated carbocycles. The van der Waals surface area contributed by atoms with Gasteiger partial charge in [0.1, 0.15) is 0 Å². The van der Waals surface area contributed by atoms with Gasteiger partial charge in [0, 0.05) is 11.6 Å². The molecule has 140 valence electrons. The molecule has 1 amide bonds. The maximum absolute atomic E-state index is 12.7. The lowest BCUT2D eigenvalue weighted by Gasteiger charge is -2.31. The number of nitrogens with zero attached hydrogens (tertiary/aromatic N) is 1. The molecule has 6 nitrogen and oxygen atoms in total. The largest absolute Gasteiger partial charge is 0.351 e. The highest BCUT2D eigenvalue weighted by atomic mass is 35.5. The number of piperazine rings is 1. The van der Waals surface area contributed by atoms with Crippen molar-refractivity contribution in [3.05, 3.63) is 29.3 Å². The summed E-state index contributed by atoms with van der Waals surface area (Å²) in [5, 5.41) is 3.33. The van der Waals surface area contributed by atoms with E-state index in [1.54, 1.807) is 18.2 Å². The van der Waals surface area contributed by atoms with Crippen LogP contribution in [0.25, 0.3) is 0 Å². The zero-order chi connectivity index (χ0) is 18.4. The SMILES string of the molecule is CC(C)CCNC(=O)C[NH+]1CCN(S(=O)(=O)c2cccc(Cl)c2)CC1. The van der Waals surface area contributed by atoms with Gasteiger partial charge in [-0.25, -0.2) is 8.42 Å². The predicted octanol–water partition coefficient (Wildman–Crippen LogP) is 0.392. The topological polar surface area (TPSA) is 70.9 Å². The van der Waals surface area contributed by atoms with Crippen molar-refractivity contribution in [2.45, 2.75) is 25.2 Å². The van der Waals surface area contributed by atoms with Crippen LogP contribution < -0.4 is 10.2 Å².